The summed E-state index contributed by atoms with van der Waals surface area (Å²) in [5, 5.41) is 10.4. The molecule has 2 heterocycles. The zero-order valence-electron chi connectivity index (χ0n) is 13.9. The van der Waals surface area contributed by atoms with Crippen molar-refractivity contribution in [1.29, 1.82) is 0 Å². The van der Waals surface area contributed by atoms with Crippen molar-refractivity contribution < 1.29 is 18.7 Å². The van der Waals surface area contributed by atoms with Crippen molar-refractivity contribution in [1.82, 2.24) is 10.2 Å². The van der Waals surface area contributed by atoms with Crippen LogP contribution in [0.4, 0.5) is 6.01 Å². The van der Waals surface area contributed by atoms with E-state index in [0.717, 1.165) is 18.6 Å². The Morgan fingerprint density at radius 1 is 1.04 bits per heavy atom. The average Bonchev–Trinajstić information content (AvgIpc) is 3.35. The Morgan fingerprint density at radius 2 is 1.81 bits per heavy atom. The highest BCUT2D eigenvalue weighted by Gasteiger charge is 2.24. The lowest BCUT2D eigenvalue weighted by atomic mass is 10.2. The van der Waals surface area contributed by atoms with E-state index in [4.69, 9.17) is 13.9 Å². The largest absolute Gasteiger partial charge is 0.457 e. The number of benzene rings is 2. The third-order valence-electron chi connectivity index (χ3n) is 3.96. The van der Waals surface area contributed by atoms with Crippen LogP contribution in [0.1, 0.15) is 35.2 Å². The fourth-order valence-electron chi connectivity index (χ4n) is 2.66. The zero-order valence-corrected chi connectivity index (χ0v) is 13.9. The minimum Gasteiger partial charge on any atom is -0.457 e. The minimum atomic E-state index is -0.334. The molecule has 0 aliphatic carbocycles. The SMILES string of the molecule is O=C(Nc1nnc([C@@H]2CCCO2)o1)c1ccc(Oc2ccccc2)cc1. The Balaban J connectivity index is 1.38. The van der Waals surface area contributed by atoms with E-state index in [1.54, 1.807) is 24.3 Å². The van der Waals surface area contributed by atoms with Gasteiger partial charge in [0.05, 0.1) is 0 Å². The van der Waals surface area contributed by atoms with Gasteiger partial charge in [-0.25, -0.2) is 0 Å². The van der Waals surface area contributed by atoms with Crippen molar-refractivity contribution >= 4 is 11.9 Å². The van der Waals surface area contributed by atoms with Crippen molar-refractivity contribution in [3.63, 3.8) is 0 Å². The molecule has 4 rings (SSSR count). The molecule has 1 N–H and O–H groups in total. The Hall–Kier alpha value is -3.19. The molecule has 7 heteroatoms. The molecule has 26 heavy (non-hydrogen) atoms. The lowest BCUT2D eigenvalue weighted by molar-refractivity contribution is 0.0893. The summed E-state index contributed by atoms with van der Waals surface area (Å²) < 4.78 is 16.6. The topological polar surface area (TPSA) is 86.5 Å². The maximum Gasteiger partial charge on any atom is 0.322 e. The number of para-hydroxylation sites is 1. The number of ether oxygens (including phenoxy) is 2. The summed E-state index contributed by atoms with van der Waals surface area (Å²) in [7, 11) is 0. The third-order valence-corrected chi connectivity index (χ3v) is 3.96. The number of hydrogen-bond acceptors (Lipinski definition) is 6. The van der Waals surface area contributed by atoms with Crippen LogP contribution in [0.15, 0.2) is 59.0 Å². The van der Waals surface area contributed by atoms with E-state index in [1.165, 1.54) is 0 Å². The first-order valence-corrected chi connectivity index (χ1v) is 8.37. The fraction of sp³-hybridized carbons (Fsp3) is 0.211. The predicted molar refractivity (Wildman–Crippen MR) is 93.1 cm³/mol. The molecule has 1 aliphatic heterocycles. The Morgan fingerprint density at radius 3 is 2.54 bits per heavy atom. The second-order valence-electron chi connectivity index (χ2n) is 5.84. The summed E-state index contributed by atoms with van der Waals surface area (Å²) in [4.78, 5) is 12.3. The van der Waals surface area contributed by atoms with Gasteiger partial charge in [0, 0.05) is 12.2 Å². The van der Waals surface area contributed by atoms with Gasteiger partial charge < -0.3 is 13.9 Å². The molecule has 132 valence electrons. The molecule has 1 fully saturated rings. The van der Waals surface area contributed by atoms with Gasteiger partial charge in [0.1, 0.15) is 17.6 Å². The summed E-state index contributed by atoms with van der Waals surface area (Å²) in [5.41, 5.74) is 0.460. The molecule has 1 aliphatic rings. The van der Waals surface area contributed by atoms with Crippen LogP contribution >= 0.6 is 0 Å². The molecule has 1 atom stereocenters. The van der Waals surface area contributed by atoms with Crippen LogP contribution < -0.4 is 10.1 Å². The van der Waals surface area contributed by atoms with Crippen LogP contribution in [-0.4, -0.2) is 22.7 Å². The van der Waals surface area contributed by atoms with Gasteiger partial charge in [-0.15, -0.1) is 5.10 Å². The molecule has 7 nitrogen and oxygen atoms in total. The summed E-state index contributed by atoms with van der Waals surface area (Å²) in [6, 6.07) is 16.3. The number of nitrogens with one attached hydrogen (secondary N) is 1. The van der Waals surface area contributed by atoms with Gasteiger partial charge in [0.25, 0.3) is 5.91 Å². The van der Waals surface area contributed by atoms with Crippen LogP contribution in [0.5, 0.6) is 11.5 Å². The van der Waals surface area contributed by atoms with Crippen LogP contribution in [0.25, 0.3) is 0 Å². The van der Waals surface area contributed by atoms with Crippen LogP contribution in [-0.2, 0) is 4.74 Å². The Bertz CT molecular complexity index is 871. The molecule has 0 spiro atoms. The van der Waals surface area contributed by atoms with Gasteiger partial charge in [0.15, 0.2) is 0 Å². The number of amides is 1. The maximum absolute atomic E-state index is 12.3. The number of rotatable bonds is 5. The van der Waals surface area contributed by atoms with Gasteiger partial charge in [-0.2, -0.15) is 0 Å². The molecule has 0 radical (unpaired) electrons. The summed E-state index contributed by atoms with van der Waals surface area (Å²) in [5.74, 6) is 1.44. The van der Waals surface area contributed by atoms with E-state index in [2.05, 4.69) is 15.5 Å². The van der Waals surface area contributed by atoms with Crippen LogP contribution in [0.2, 0.25) is 0 Å². The molecule has 3 aromatic rings. The standard InChI is InChI=1S/C19H17N3O4/c23-17(20-19-22-21-18(26-19)16-7-4-12-24-16)13-8-10-15(11-9-13)25-14-5-2-1-3-6-14/h1-3,5-6,8-11,16H,4,7,12H2,(H,20,22,23)/t16-/m0/s1. The van der Waals surface area contributed by atoms with E-state index >= 15 is 0 Å². The normalized spacial score (nSPS) is 16.4. The van der Waals surface area contributed by atoms with Crippen molar-refractivity contribution in [3.05, 3.63) is 66.1 Å². The number of carbonyl (C=O) groups is 1. The van der Waals surface area contributed by atoms with Crippen LogP contribution in [0.3, 0.4) is 0 Å². The highest BCUT2D eigenvalue weighted by Crippen LogP contribution is 2.28. The van der Waals surface area contributed by atoms with Crippen LogP contribution in [0, 0.1) is 0 Å². The number of aromatic nitrogens is 2. The Labute approximate surface area is 150 Å². The molecule has 2 aromatic carbocycles. The first kappa shape index (κ1) is 16.3. The monoisotopic (exact) mass is 351 g/mol. The van der Waals surface area contributed by atoms with Gasteiger partial charge in [-0.3, -0.25) is 10.1 Å². The lowest BCUT2D eigenvalue weighted by Gasteiger charge is -2.06. The average molecular weight is 351 g/mol. The van der Waals surface area contributed by atoms with Gasteiger partial charge in [-0.05, 0) is 49.2 Å². The molecule has 1 amide bonds. The minimum absolute atomic E-state index is 0.0603. The van der Waals surface area contributed by atoms with Gasteiger partial charge in [-0.1, -0.05) is 23.3 Å². The number of carbonyl (C=O) groups excluding carboxylic acids is 1. The molecule has 0 saturated carbocycles. The Kier molecular flexibility index (Phi) is 4.61. The van der Waals surface area contributed by atoms with E-state index < -0.39 is 0 Å². The zero-order chi connectivity index (χ0) is 17.8. The highest BCUT2D eigenvalue weighted by molar-refractivity contribution is 6.03. The molecule has 1 saturated heterocycles. The fourth-order valence-corrected chi connectivity index (χ4v) is 2.66. The van der Waals surface area contributed by atoms with E-state index in [-0.39, 0.29) is 18.0 Å². The summed E-state index contributed by atoms with van der Waals surface area (Å²) >= 11 is 0. The highest BCUT2D eigenvalue weighted by atomic mass is 16.5. The molecule has 0 bridgehead atoms. The quantitative estimate of drug-likeness (QED) is 0.748. The van der Waals surface area contributed by atoms with Gasteiger partial charge >= 0.3 is 6.01 Å². The van der Waals surface area contributed by atoms with Crippen molar-refractivity contribution in [2.24, 2.45) is 0 Å². The number of anilines is 1. The molecule has 1 aromatic heterocycles. The smallest absolute Gasteiger partial charge is 0.322 e. The molecular weight excluding hydrogens is 334 g/mol. The maximum atomic E-state index is 12.3. The number of hydrogen-bond donors (Lipinski definition) is 1. The van der Waals surface area contributed by atoms with E-state index in [9.17, 15) is 4.79 Å². The first-order valence-electron chi connectivity index (χ1n) is 8.37. The van der Waals surface area contributed by atoms with Crippen molar-refractivity contribution in [2.75, 3.05) is 11.9 Å². The number of nitrogens with zero attached hydrogens (tertiary/aromatic N) is 2. The second kappa shape index (κ2) is 7.37. The second-order valence-corrected chi connectivity index (χ2v) is 5.84. The third kappa shape index (κ3) is 3.73. The van der Waals surface area contributed by atoms with E-state index in [0.29, 0.717) is 23.8 Å². The lowest BCUT2D eigenvalue weighted by Crippen LogP contribution is -2.11. The van der Waals surface area contributed by atoms with E-state index in [1.807, 2.05) is 30.3 Å². The first-order chi connectivity index (χ1) is 12.8. The van der Waals surface area contributed by atoms with Gasteiger partial charge in [0.2, 0.25) is 5.89 Å². The predicted octanol–water partition coefficient (Wildman–Crippen LogP) is 3.97. The van der Waals surface area contributed by atoms with Crippen molar-refractivity contribution in [3.8, 4) is 11.5 Å². The van der Waals surface area contributed by atoms with Crippen molar-refractivity contribution in [2.45, 2.75) is 18.9 Å². The molecular formula is C19H17N3O4. The summed E-state index contributed by atoms with van der Waals surface area (Å²) in [6.07, 6.45) is 1.63. The summed E-state index contributed by atoms with van der Waals surface area (Å²) in [6.45, 7) is 0.687. The molecule has 0 unspecified atom stereocenters.